The van der Waals surface area contributed by atoms with Gasteiger partial charge in [-0.3, -0.25) is 0 Å². The molecule has 0 bridgehead atoms. The summed E-state index contributed by atoms with van der Waals surface area (Å²) in [6, 6.07) is 25.8. The minimum Gasteiger partial charge on any atom is -0.309 e. The molecule has 0 N–H and O–H groups in total. The van der Waals surface area contributed by atoms with Gasteiger partial charge in [-0.05, 0) is 30.7 Å². The van der Waals surface area contributed by atoms with Crippen LogP contribution in [0.5, 0.6) is 0 Å². The normalized spacial score (nSPS) is 11.2. The summed E-state index contributed by atoms with van der Waals surface area (Å²) in [5.41, 5.74) is 5.08. The topological polar surface area (TPSA) is 4.93 Å². The Morgan fingerprint density at radius 3 is 1.70 bits per heavy atom. The molecular weight excluding hydrogens is 242 g/mol. The maximum Gasteiger partial charge on any atom is 0.0541 e. The molecule has 0 aliphatic rings. The molecule has 0 spiro atoms. The van der Waals surface area contributed by atoms with Crippen LogP contribution in [-0.2, 0) is 0 Å². The van der Waals surface area contributed by atoms with Crippen molar-refractivity contribution in [1.82, 2.24) is 4.57 Å². The molecule has 96 valence electrons. The van der Waals surface area contributed by atoms with Crippen LogP contribution in [0.2, 0.25) is 0 Å². The van der Waals surface area contributed by atoms with E-state index in [1.165, 1.54) is 33.1 Å². The van der Waals surface area contributed by atoms with E-state index in [0.29, 0.717) is 0 Å². The lowest BCUT2D eigenvalue weighted by Gasteiger charge is -2.10. The number of fused-ring (bicyclic) bond motifs is 3. The monoisotopic (exact) mass is 257 g/mol. The smallest absolute Gasteiger partial charge is 0.0541 e. The first kappa shape index (κ1) is 11.3. The number of hydrogen-bond acceptors (Lipinski definition) is 0. The van der Waals surface area contributed by atoms with Crippen molar-refractivity contribution in [2.75, 3.05) is 0 Å². The van der Waals surface area contributed by atoms with Crippen LogP contribution >= 0.6 is 0 Å². The molecule has 4 rings (SSSR count). The molecule has 0 atom stereocenters. The Morgan fingerprint density at radius 1 is 0.600 bits per heavy atom. The summed E-state index contributed by atoms with van der Waals surface area (Å²) in [7, 11) is 0. The molecule has 3 aromatic carbocycles. The van der Waals surface area contributed by atoms with Gasteiger partial charge in [0, 0.05) is 16.5 Å². The Morgan fingerprint density at radius 2 is 1.10 bits per heavy atom. The maximum atomic E-state index is 2.36. The second-order valence-corrected chi connectivity index (χ2v) is 5.16. The highest BCUT2D eigenvalue weighted by molar-refractivity contribution is 6.09. The second-order valence-electron chi connectivity index (χ2n) is 5.16. The highest BCUT2D eigenvalue weighted by atomic mass is 15.0. The molecule has 0 unspecified atom stereocenters. The van der Waals surface area contributed by atoms with Crippen LogP contribution < -0.4 is 0 Å². The molecule has 0 aliphatic heterocycles. The second kappa shape index (κ2) is 4.24. The molecule has 0 saturated heterocycles. The molecule has 1 heterocycles. The third kappa shape index (κ3) is 1.50. The minimum atomic E-state index is 1.25. The first-order valence-electron chi connectivity index (χ1n) is 6.90. The minimum absolute atomic E-state index is 1.25. The highest BCUT2D eigenvalue weighted by Crippen LogP contribution is 2.32. The van der Waals surface area contributed by atoms with Gasteiger partial charge < -0.3 is 4.57 Å². The van der Waals surface area contributed by atoms with E-state index >= 15 is 0 Å². The number of hydrogen-bond donors (Lipinski definition) is 0. The summed E-state index contributed by atoms with van der Waals surface area (Å²) < 4.78 is 2.36. The molecule has 0 aliphatic carbocycles. The number of aromatic nitrogens is 1. The van der Waals surface area contributed by atoms with Crippen LogP contribution in [0.15, 0.2) is 72.8 Å². The van der Waals surface area contributed by atoms with Gasteiger partial charge in [-0.15, -0.1) is 0 Å². The van der Waals surface area contributed by atoms with Crippen molar-refractivity contribution in [1.29, 1.82) is 0 Å². The molecule has 1 aromatic heterocycles. The molecule has 0 amide bonds. The van der Waals surface area contributed by atoms with E-state index in [2.05, 4.69) is 84.3 Å². The van der Waals surface area contributed by atoms with E-state index in [1.54, 1.807) is 0 Å². The van der Waals surface area contributed by atoms with Crippen molar-refractivity contribution in [2.45, 2.75) is 6.92 Å². The number of rotatable bonds is 1. The lowest BCUT2D eigenvalue weighted by Crippen LogP contribution is -1.96. The van der Waals surface area contributed by atoms with Crippen LogP contribution in [0.25, 0.3) is 27.5 Å². The zero-order valence-electron chi connectivity index (χ0n) is 11.4. The molecule has 0 saturated carbocycles. The maximum absolute atomic E-state index is 2.36. The predicted molar refractivity (Wildman–Crippen MR) is 85.5 cm³/mol. The van der Waals surface area contributed by atoms with Gasteiger partial charge in [0.15, 0.2) is 0 Å². The molecule has 1 nitrogen and oxygen atoms in total. The van der Waals surface area contributed by atoms with E-state index in [1.807, 2.05) is 0 Å². The number of benzene rings is 3. The Kier molecular flexibility index (Phi) is 2.40. The average Bonchev–Trinajstić information content (AvgIpc) is 2.83. The molecule has 0 radical (unpaired) electrons. The average molecular weight is 257 g/mol. The quantitative estimate of drug-likeness (QED) is 0.447. The van der Waals surface area contributed by atoms with Crippen molar-refractivity contribution in [2.24, 2.45) is 0 Å². The zero-order valence-corrected chi connectivity index (χ0v) is 11.4. The Balaban J connectivity index is 2.24. The van der Waals surface area contributed by atoms with E-state index in [0.717, 1.165) is 0 Å². The summed E-state index contributed by atoms with van der Waals surface area (Å²) in [5, 5.41) is 2.62. The predicted octanol–water partition coefficient (Wildman–Crippen LogP) is 5.09. The first-order chi connectivity index (χ1) is 9.86. The molecule has 4 aromatic rings. The van der Waals surface area contributed by atoms with Gasteiger partial charge in [-0.1, -0.05) is 54.6 Å². The molecular formula is C19H15N. The Hall–Kier alpha value is -2.54. The van der Waals surface area contributed by atoms with Crippen molar-refractivity contribution in [3.05, 3.63) is 78.4 Å². The van der Waals surface area contributed by atoms with E-state index in [4.69, 9.17) is 0 Å². The summed E-state index contributed by atoms with van der Waals surface area (Å²) >= 11 is 0. The summed E-state index contributed by atoms with van der Waals surface area (Å²) in [6.45, 7) is 2.17. The van der Waals surface area contributed by atoms with Crippen LogP contribution in [0.3, 0.4) is 0 Å². The highest BCUT2D eigenvalue weighted by Gasteiger charge is 2.11. The van der Waals surface area contributed by atoms with Gasteiger partial charge in [0.25, 0.3) is 0 Å². The van der Waals surface area contributed by atoms with Crippen LogP contribution in [0.1, 0.15) is 5.56 Å². The van der Waals surface area contributed by atoms with Gasteiger partial charge in [-0.25, -0.2) is 0 Å². The SMILES string of the molecule is Cc1ccccc1-n1c2ccccc2c2ccccc21. The fourth-order valence-electron chi connectivity index (χ4n) is 3.00. The fourth-order valence-corrected chi connectivity index (χ4v) is 3.00. The number of aryl methyl sites for hydroxylation is 1. The van der Waals surface area contributed by atoms with Crippen molar-refractivity contribution < 1.29 is 0 Å². The lowest BCUT2D eigenvalue weighted by atomic mass is 10.2. The van der Waals surface area contributed by atoms with Gasteiger partial charge in [0.1, 0.15) is 0 Å². The fraction of sp³-hybridized carbons (Fsp3) is 0.0526. The van der Waals surface area contributed by atoms with Crippen molar-refractivity contribution in [3.8, 4) is 5.69 Å². The summed E-state index contributed by atoms with van der Waals surface area (Å²) in [4.78, 5) is 0. The van der Waals surface area contributed by atoms with Crippen LogP contribution in [0, 0.1) is 6.92 Å². The lowest BCUT2D eigenvalue weighted by molar-refractivity contribution is 1.15. The van der Waals surface area contributed by atoms with E-state index < -0.39 is 0 Å². The third-order valence-electron chi connectivity index (χ3n) is 3.94. The van der Waals surface area contributed by atoms with Gasteiger partial charge >= 0.3 is 0 Å². The van der Waals surface area contributed by atoms with Gasteiger partial charge in [0.2, 0.25) is 0 Å². The Bertz CT molecular complexity index is 862. The van der Waals surface area contributed by atoms with Gasteiger partial charge in [0.05, 0.1) is 11.0 Å². The van der Waals surface area contributed by atoms with Crippen molar-refractivity contribution >= 4 is 21.8 Å². The Labute approximate surface area is 118 Å². The molecule has 0 fully saturated rings. The van der Waals surface area contributed by atoms with Crippen LogP contribution in [-0.4, -0.2) is 4.57 Å². The van der Waals surface area contributed by atoms with Gasteiger partial charge in [-0.2, -0.15) is 0 Å². The zero-order chi connectivity index (χ0) is 13.5. The van der Waals surface area contributed by atoms with E-state index in [9.17, 15) is 0 Å². The summed E-state index contributed by atoms with van der Waals surface area (Å²) in [6.07, 6.45) is 0. The van der Waals surface area contributed by atoms with E-state index in [-0.39, 0.29) is 0 Å². The third-order valence-corrected chi connectivity index (χ3v) is 3.94. The summed E-state index contributed by atoms with van der Waals surface area (Å²) in [5.74, 6) is 0. The van der Waals surface area contributed by atoms with Crippen molar-refractivity contribution in [3.63, 3.8) is 0 Å². The largest absolute Gasteiger partial charge is 0.309 e. The first-order valence-corrected chi connectivity index (χ1v) is 6.90. The number of nitrogens with zero attached hydrogens (tertiary/aromatic N) is 1. The molecule has 20 heavy (non-hydrogen) atoms. The standard InChI is InChI=1S/C19H15N/c1-14-8-2-5-11-17(14)20-18-12-6-3-9-15(18)16-10-4-7-13-19(16)20/h2-13H,1H3. The molecule has 1 heteroatoms. The van der Waals surface area contributed by atoms with Crippen LogP contribution in [0.4, 0.5) is 0 Å². The number of para-hydroxylation sites is 3.